The summed E-state index contributed by atoms with van der Waals surface area (Å²) in [6, 6.07) is 4.70. The molecule has 1 fully saturated rings. The predicted molar refractivity (Wildman–Crippen MR) is 78.7 cm³/mol. The summed E-state index contributed by atoms with van der Waals surface area (Å²) >= 11 is 0. The van der Waals surface area contributed by atoms with Crippen molar-refractivity contribution in [2.75, 3.05) is 0 Å². The van der Waals surface area contributed by atoms with E-state index >= 15 is 0 Å². The van der Waals surface area contributed by atoms with E-state index in [1.807, 2.05) is 13.0 Å². The standard InChI is InChI=1S/C16H18N2O3/c1-3-14(19)11-6-7-13-12(8-11)17-15(10-4-5-10)18(13)9(2)16(20)21/h6-10H,3-5H2,1-2H3,(H,20,21). The van der Waals surface area contributed by atoms with Crippen molar-refractivity contribution < 1.29 is 14.7 Å². The number of carbonyl (C=O) groups is 2. The third-order valence-corrected chi connectivity index (χ3v) is 4.05. The molecule has 2 aromatic rings. The summed E-state index contributed by atoms with van der Waals surface area (Å²) in [4.78, 5) is 27.8. The quantitative estimate of drug-likeness (QED) is 0.857. The summed E-state index contributed by atoms with van der Waals surface area (Å²) in [6.45, 7) is 3.49. The second-order valence-corrected chi connectivity index (χ2v) is 5.61. The van der Waals surface area contributed by atoms with Gasteiger partial charge in [0.15, 0.2) is 5.78 Å². The van der Waals surface area contributed by atoms with E-state index in [0.29, 0.717) is 23.4 Å². The van der Waals surface area contributed by atoms with Crippen molar-refractivity contribution in [2.24, 2.45) is 0 Å². The maximum absolute atomic E-state index is 11.8. The number of Topliss-reactive ketones (excluding diaryl/α,β-unsaturated/α-hetero) is 1. The molecule has 3 rings (SSSR count). The zero-order valence-electron chi connectivity index (χ0n) is 12.2. The smallest absolute Gasteiger partial charge is 0.326 e. The van der Waals surface area contributed by atoms with E-state index in [0.717, 1.165) is 24.2 Å². The molecule has 1 aromatic carbocycles. The molecule has 1 saturated carbocycles. The van der Waals surface area contributed by atoms with Crippen LogP contribution in [-0.4, -0.2) is 26.4 Å². The van der Waals surface area contributed by atoms with Crippen molar-refractivity contribution >= 4 is 22.8 Å². The number of aliphatic carboxylic acids is 1. The van der Waals surface area contributed by atoms with Crippen LogP contribution in [0.1, 0.15) is 61.3 Å². The molecule has 5 nitrogen and oxygen atoms in total. The molecule has 1 atom stereocenters. The minimum atomic E-state index is -0.870. The summed E-state index contributed by atoms with van der Waals surface area (Å²) in [7, 11) is 0. The summed E-state index contributed by atoms with van der Waals surface area (Å²) in [6.07, 6.45) is 2.56. The minimum Gasteiger partial charge on any atom is -0.480 e. The van der Waals surface area contributed by atoms with Gasteiger partial charge in [-0.05, 0) is 38.0 Å². The number of ketones is 1. The molecule has 1 N–H and O–H groups in total. The van der Waals surface area contributed by atoms with E-state index in [1.165, 1.54) is 0 Å². The van der Waals surface area contributed by atoms with Crippen LogP contribution in [0.25, 0.3) is 11.0 Å². The molecule has 21 heavy (non-hydrogen) atoms. The first-order valence-corrected chi connectivity index (χ1v) is 7.30. The predicted octanol–water partition coefficient (Wildman–Crippen LogP) is 3.15. The van der Waals surface area contributed by atoms with Crippen LogP contribution >= 0.6 is 0 Å². The lowest BCUT2D eigenvalue weighted by molar-refractivity contribution is -0.140. The van der Waals surface area contributed by atoms with Gasteiger partial charge < -0.3 is 9.67 Å². The molecule has 0 saturated heterocycles. The zero-order chi connectivity index (χ0) is 15.1. The summed E-state index contributed by atoms with van der Waals surface area (Å²) in [5.74, 6) is 0.390. The van der Waals surface area contributed by atoms with Gasteiger partial charge in [0, 0.05) is 17.9 Å². The van der Waals surface area contributed by atoms with Crippen molar-refractivity contribution in [3.63, 3.8) is 0 Å². The number of rotatable bonds is 5. The van der Waals surface area contributed by atoms with Crippen molar-refractivity contribution in [3.8, 4) is 0 Å². The van der Waals surface area contributed by atoms with Gasteiger partial charge in [-0.2, -0.15) is 0 Å². The molecular weight excluding hydrogens is 268 g/mol. The average Bonchev–Trinajstić information content (AvgIpc) is 3.25. The zero-order valence-corrected chi connectivity index (χ0v) is 12.2. The lowest BCUT2D eigenvalue weighted by Gasteiger charge is -2.13. The van der Waals surface area contributed by atoms with Crippen LogP contribution in [0.3, 0.4) is 0 Å². The minimum absolute atomic E-state index is 0.0747. The first-order valence-electron chi connectivity index (χ1n) is 7.30. The van der Waals surface area contributed by atoms with Gasteiger partial charge >= 0.3 is 5.97 Å². The number of carboxylic acid groups (broad SMARTS) is 1. The van der Waals surface area contributed by atoms with Crippen LogP contribution in [0.2, 0.25) is 0 Å². The number of benzene rings is 1. The Hall–Kier alpha value is -2.17. The average molecular weight is 286 g/mol. The molecule has 1 aromatic heterocycles. The number of hydrogen-bond donors (Lipinski definition) is 1. The lowest BCUT2D eigenvalue weighted by Crippen LogP contribution is -2.17. The van der Waals surface area contributed by atoms with Gasteiger partial charge in [0.2, 0.25) is 0 Å². The highest BCUT2D eigenvalue weighted by molar-refractivity contribution is 5.99. The van der Waals surface area contributed by atoms with Gasteiger partial charge in [-0.3, -0.25) is 4.79 Å². The van der Waals surface area contributed by atoms with E-state index in [2.05, 4.69) is 4.98 Å². The Morgan fingerprint density at radius 1 is 1.43 bits per heavy atom. The molecule has 0 amide bonds. The molecule has 1 aliphatic carbocycles. The molecule has 0 radical (unpaired) electrons. The topological polar surface area (TPSA) is 72.2 Å². The number of fused-ring (bicyclic) bond motifs is 1. The van der Waals surface area contributed by atoms with E-state index in [1.54, 1.807) is 23.6 Å². The van der Waals surface area contributed by atoms with E-state index < -0.39 is 12.0 Å². The monoisotopic (exact) mass is 286 g/mol. The Balaban J connectivity index is 2.17. The third-order valence-electron chi connectivity index (χ3n) is 4.05. The van der Waals surface area contributed by atoms with Crippen LogP contribution in [0, 0.1) is 0 Å². The van der Waals surface area contributed by atoms with Crippen LogP contribution in [0.4, 0.5) is 0 Å². The normalized spacial score (nSPS) is 16.1. The summed E-state index contributed by atoms with van der Waals surface area (Å²) in [5, 5.41) is 9.32. The highest BCUT2D eigenvalue weighted by atomic mass is 16.4. The first-order chi connectivity index (χ1) is 10.0. The fourth-order valence-corrected chi connectivity index (χ4v) is 2.64. The maximum atomic E-state index is 11.8. The molecule has 1 aliphatic rings. The highest BCUT2D eigenvalue weighted by Gasteiger charge is 2.32. The highest BCUT2D eigenvalue weighted by Crippen LogP contribution is 2.41. The summed E-state index contributed by atoms with van der Waals surface area (Å²) in [5.41, 5.74) is 2.14. The Labute approximate surface area is 122 Å². The Morgan fingerprint density at radius 2 is 2.14 bits per heavy atom. The van der Waals surface area contributed by atoms with Crippen molar-refractivity contribution in [3.05, 3.63) is 29.6 Å². The number of imidazole rings is 1. The number of hydrogen-bond acceptors (Lipinski definition) is 3. The van der Waals surface area contributed by atoms with Crippen LogP contribution < -0.4 is 0 Å². The van der Waals surface area contributed by atoms with Crippen LogP contribution in [-0.2, 0) is 4.79 Å². The molecule has 0 aliphatic heterocycles. The van der Waals surface area contributed by atoms with Gasteiger partial charge in [-0.1, -0.05) is 6.92 Å². The fourth-order valence-electron chi connectivity index (χ4n) is 2.64. The third kappa shape index (κ3) is 2.33. The fraction of sp³-hybridized carbons (Fsp3) is 0.438. The Bertz CT molecular complexity index is 728. The SMILES string of the molecule is CCC(=O)c1ccc2c(c1)nc(C1CC1)n2C(C)C(=O)O. The molecule has 5 heteroatoms. The van der Waals surface area contributed by atoms with Gasteiger partial charge in [0.05, 0.1) is 11.0 Å². The molecular formula is C16H18N2O3. The van der Waals surface area contributed by atoms with Crippen molar-refractivity contribution in [1.82, 2.24) is 9.55 Å². The number of aromatic nitrogens is 2. The van der Waals surface area contributed by atoms with Gasteiger partial charge in [-0.15, -0.1) is 0 Å². The number of carbonyl (C=O) groups excluding carboxylic acids is 1. The van der Waals surface area contributed by atoms with E-state index in [4.69, 9.17) is 0 Å². The second kappa shape index (κ2) is 4.98. The Morgan fingerprint density at radius 3 is 2.71 bits per heavy atom. The second-order valence-electron chi connectivity index (χ2n) is 5.61. The van der Waals surface area contributed by atoms with E-state index in [-0.39, 0.29) is 5.78 Å². The molecule has 1 unspecified atom stereocenters. The lowest BCUT2D eigenvalue weighted by atomic mass is 10.1. The molecule has 0 spiro atoms. The van der Waals surface area contributed by atoms with Gasteiger partial charge in [0.25, 0.3) is 0 Å². The molecule has 1 heterocycles. The van der Waals surface area contributed by atoms with Gasteiger partial charge in [0.1, 0.15) is 11.9 Å². The molecule has 0 bridgehead atoms. The van der Waals surface area contributed by atoms with Crippen LogP contribution in [0.15, 0.2) is 18.2 Å². The summed E-state index contributed by atoms with van der Waals surface area (Å²) < 4.78 is 1.80. The largest absolute Gasteiger partial charge is 0.480 e. The van der Waals surface area contributed by atoms with Crippen molar-refractivity contribution in [2.45, 2.75) is 45.1 Å². The number of nitrogens with zero attached hydrogens (tertiary/aromatic N) is 2. The Kier molecular flexibility index (Phi) is 3.27. The van der Waals surface area contributed by atoms with Crippen molar-refractivity contribution in [1.29, 1.82) is 0 Å². The first kappa shape index (κ1) is 13.8. The maximum Gasteiger partial charge on any atom is 0.326 e. The van der Waals surface area contributed by atoms with Gasteiger partial charge in [-0.25, -0.2) is 9.78 Å². The van der Waals surface area contributed by atoms with E-state index in [9.17, 15) is 14.7 Å². The molecule has 110 valence electrons. The van der Waals surface area contributed by atoms with Crippen LogP contribution in [0.5, 0.6) is 0 Å². The number of carboxylic acids is 1.